The van der Waals surface area contributed by atoms with Gasteiger partial charge in [-0.2, -0.15) is 0 Å². The number of hydrogen-bond acceptors (Lipinski definition) is 2. The van der Waals surface area contributed by atoms with E-state index in [1.54, 1.807) is 6.33 Å². The molecule has 0 spiro atoms. The topological polar surface area (TPSA) is 57.8 Å². The molecule has 2 aromatic rings. The molecule has 1 heterocycles. The lowest BCUT2D eigenvalue weighted by atomic mass is 9.89. The minimum Gasteiger partial charge on any atom is -0.348 e. The number of rotatable bonds is 2. The second kappa shape index (κ2) is 5.03. The Hall–Kier alpha value is -2.24. The number of amides is 1. The molecule has 1 atom stereocenters. The largest absolute Gasteiger partial charge is 0.348 e. The van der Waals surface area contributed by atoms with Crippen molar-refractivity contribution in [1.82, 2.24) is 9.97 Å². The Morgan fingerprint density at radius 2 is 2.25 bits per heavy atom. The summed E-state index contributed by atoms with van der Waals surface area (Å²) in [6, 6.07) is 3.10. The number of fused-ring (bicyclic) bond motifs is 1. The third kappa shape index (κ3) is 2.41. The molecule has 2 N–H and O–H groups in total. The van der Waals surface area contributed by atoms with E-state index < -0.39 is 11.6 Å². The Balaban J connectivity index is 1.71. The lowest BCUT2D eigenvalue weighted by molar-refractivity contribution is -0.120. The van der Waals surface area contributed by atoms with E-state index in [2.05, 4.69) is 15.3 Å². The monoisotopic (exact) mass is 277 g/mol. The second-order valence-electron chi connectivity index (χ2n) is 4.88. The van der Waals surface area contributed by atoms with Gasteiger partial charge in [0.05, 0.1) is 17.7 Å². The molecule has 0 saturated carbocycles. The molecule has 6 heteroatoms. The lowest BCUT2D eigenvalue weighted by Gasteiger charge is -2.20. The number of aromatic amines is 1. The standard InChI is InChI=1S/C14H13F2N3O/c15-9-2-4-11(10(16)6-9)19-14(20)8-1-3-12-13(5-8)18-7-17-12/h2,4,6-8H,1,3,5H2,(H,17,18)(H,19,20). The van der Waals surface area contributed by atoms with E-state index in [1.807, 2.05) is 0 Å². The highest BCUT2D eigenvalue weighted by Crippen LogP contribution is 2.24. The average Bonchev–Trinajstić information content (AvgIpc) is 2.89. The van der Waals surface area contributed by atoms with Crippen LogP contribution >= 0.6 is 0 Å². The van der Waals surface area contributed by atoms with Gasteiger partial charge in [-0.25, -0.2) is 13.8 Å². The van der Waals surface area contributed by atoms with Crippen molar-refractivity contribution in [1.29, 1.82) is 0 Å². The van der Waals surface area contributed by atoms with E-state index in [0.717, 1.165) is 29.9 Å². The SMILES string of the molecule is O=C(Nc1ccc(F)cc1F)C1CCc2nc[nH]c2C1. The van der Waals surface area contributed by atoms with Crippen molar-refractivity contribution in [2.24, 2.45) is 5.92 Å². The summed E-state index contributed by atoms with van der Waals surface area (Å²) in [7, 11) is 0. The van der Waals surface area contributed by atoms with Crippen LogP contribution in [0.4, 0.5) is 14.5 Å². The van der Waals surface area contributed by atoms with Gasteiger partial charge >= 0.3 is 0 Å². The Morgan fingerprint density at radius 1 is 1.40 bits per heavy atom. The molecule has 3 rings (SSSR count). The highest BCUT2D eigenvalue weighted by atomic mass is 19.1. The van der Waals surface area contributed by atoms with E-state index in [4.69, 9.17) is 0 Å². The molecule has 1 amide bonds. The highest BCUT2D eigenvalue weighted by molar-refractivity contribution is 5.92. The Labute approximate surface area is 114 Å². The number of aryl methyl sites for hydroxylation is 1. The van der Waals surface area contributed by atoms with Gasteiger partial charge < -0.3 is 10.3 Å². The number of hydrogen-bond donors (Lipinski definition) is 2. The van der Waals surface area contributed by atoms with Crippen molar-refractivity contribution in [3.05, 3.63) is 47.5 Å². The molecule has 1 aromatic heterocycles. The molecule has 0 bridgehead atoms. The zero-order valence-corrected chi connectivity index (χ0v) is 10.6. The lowest BCUT2D eigenvalue weighted by Crippen LogP contribution is -2.28. The fourth-order valence-electron chi connectivity index (χ4n) is 2.45. The Bertz CT molecular complexity index is 654. The van der Waals surface area contributed by atoms with E-state index in [-0.39, 0.29) is 17.5 Å². The van der Waals surface area contributed by atoms with Gasteiger partial charge in [-0.3, -0.25) is 4.79 Å². The predicted octanol–water partition coefficient (Wildman–Crippen LogP) is 2.43. The number of halogens is 2. The fourth-order valence-corrected chi connectivity index (χ4v) is 2.45. The minimum atomic E-state index is -0.767. The first kappa shape index (κ1) is 12.8. The third-order valence-corrected chi connectivity index (χ3v) is 3.55. The summed E-state index contributed by atoms with van der Waals surface area (Å²) in [6.45, 7) is 0. The summed E-state index contributed by atoms with van der Waals surface area (Å²) in [6.07, 6.45) is 3.57. The van der Waals surface area contributed by atoms with Gasteiger partial charge in [-0.1, -0.05) is 0 Å². The summed E-state index contributed by atoms with van der Waals surface area (Å²) >= 11 is 0. The number of H-pyrrole nitrogens is 1. The van der Waals surface area contributed by atoms with Gasteiger partial charge in [0.2, 0.25) is 5.91 Å². The summed E-state index contributed by atoms with van der Waals surface area (Å²) in [5, 5.41) is 2.52. The molecule has 104 valence electrons. The quantitative estimate of drug-likeness (QED) is 0.885. The van der Waals surface area contributed by atoms with Gasteiger partial charge in [0.1, 0.15) is 11.6 Å². The first-order valence-corrected chi connectivity index (χ1v) is 6.40. The van der Waals surface area contributed by atoms with Crippen molar-refractivity contribution in [3.63, 3.8) is 0 Å². The number of carbonyl (C=O) groups excluding carboxylic acids is 1. The molecule has 1 aliphatic rings. The first-order valence-electron chi connectivity index (χ1n) is 6.40. The maximum Gasteiger partial charge on any atom is 0.227 e. The summed E-state index contributed by atoms with van der Waals surface area (Å²) in [4.78, 5) is 19.3. The van der Waals surface area contributed by atoms with Crippen LogP contribution in [0.3, 0.4) is 0 Å². The molecule has 0 fully saturated rings. The second-order valence-corrected chi connectivity index (χ2v) is 4.88. The summed E-state index contributed by atoms with van der Waals surface area (Å²) in [5.74, 6) is -1.92. The molecule has 1 aromatic carbocycles. The molecule has 20 heavy (non-hydrogen) atoms. The molecule has 1 unspecified atom stereocenters. The molecular weight excluding hydrogens is 264 g/mol. The molecular formula is C14H13F2N3O. The number of carbonyl (C=O) groups is 1. The Kier molecular flexibility index (Phi) is 3.22. The van der Waals surface area contributed by atoms with Crippen LogP contribution in [-0.4, -0.2) is 15.9 Å². The van der Waals surface area contributed by atoms with Crippen LogP contribution in [0.25, 0.3) is 0 Å². The van der Waals surface area contributed by atoms with Crippen molar-refractivity contribution >= 4 is 11.6 Å². The number of nitrogens with one attached hydrogen (secondary N) is 2. The molecule has 1 aliphatic carbocycles. The van der Waals surface area contributed by atoms with Crippen LogP contribution < -0.4 is 5.32 Å². The number of benzene rings is 1. The minimum absolute atomic E-state index is 0.00630. The number of aromatic nitrogens is 2. The normalized spacial score (nSPS) is 17.6. The van der Waals surface area contributed by atoms with Gasteiger partial charge in [0.25, 0.3) is 0 Å². The fraction of sp³-hybridized carbons (Fsp3) is 0.286. The third-order valence-electron chi connectivity index (χ3n) is 3.55. The van der Waals surface area contributed by atoms with Crippen molar-refractivity contribution in [3.8, 4) is 0 Å². The van der Waals surface area contributed by atoms with Crippen LogP contribution in [0.1, 0.15) is 17.8 Å². The zero-order valence-electron chi connectivity index (χ0n) is 10.6. The van der Waals surface area contributed by atoms with Crippen molar-refractivity contribution in [2.75, 3.05) is 5.32 Å². The van der Waals surface area contributed by atoms with E-state index in [0.29, 0.717) is 12.8 Å². The highest BCUT2D eigenvalue weighted by Gasteiger charge is 2.26. The first-order chi connectivity index (χ1) is 9.63. The van der Waals surface area contributed by atoms with Crippen LogP contribution in [0.2, 0.25) is 0 Å². The average molecular weight is 277 g/mol. The maximum atomic E-state index is 13.5. The van der Waals surface area contributed by atoms with Gasteiger partial charge in [-0.15, -0.1) is 0 Å². The van der Waals surface area contributed by atoms with Gasteiger partial charge in [0.15, 0.2) is 0 Å². The smallest absolute Gasteiger partial charge is 0.227 e. The van der Waals surface area contributed by atoms with E-state index in [9.17, 15) is 13.6 Å². The van der Waals surface area contributed by atoms with Crippen LogP contribution in [0.5, 0.6) is 0 Å². The Morgan fingerprint density at radius 3 is 3.05 bits per heavy atom. The maximum absolute atomic E-state index is 13.5. The van der Waals surface area contributed by atoms with E-state index in [1.165, 1.54) is 6.07 Å². The molecule has 0 aliphatic heterocycles. The predicted molar refractivity (Wildman–Crippen MR) is 69.1 cm³/mol. The van der Waals surface area contributed by atoms with Crippen LogP contribution in [0, 0.1) is 17.6 Å². The van der Waals surface area contributed by atoms with Gasteiger partial charge in [-0.05, 0) is 25.0 Å². The van der Waals surface area contributed by atoms with Crippen molar-refractivity contribution < 1.29 is 13.6 Å². The van der Waals surface area contributed by atoms with Crippen LogP contribution in [-0.2, 0) is 17.6 Å². The van der Waals surface area contributed by atoms with E-state index >= 15 is 0 Å². The molecule has 4 nitrogen and oxygen atoms in total. The molecule has 0 saturated heterocycles. The summed E-state index contributed by atoms with van der Waals surface area (Å²) < 4.78 is 26.3. The van der Waals surface area contributed by atoms with Gasteiger partial charge in [0, 0.05) is 24.1 Å². The number of nitrogens with zero attached hydrogens (tertiary/aromatic N) is 1. The zero-order chi connectivity index (χ0) is 14.1. The number of imidazole rings is 1. The van der Waals surface area contributed by atoms with Crippen LogP contribution in [0.15, 0.2) is 24.5 Å². The van der Waals surface area contributed by atoms with Crippen molar-refractivity contribution in [2.45, 2.75) is 19.3 Å². The summed E-state index contributed by atoms with van der Waals surface area (Å²) in [5.41, 5.74) is 1.95. The molecule has 0 radical (unpaired) electrons. The number of anilines is 1.